The van der Waals surface area contributed by atoms with Crippen molar-refractivity contribution >= 4 is 11.6 Å². The van der Waals surface area contributed by atoms with Gasteiger partial charge in [-0.1, -0.05) is 37.9 Å². The van der Waals surface area contributed by atoms with Crippen LogP contribution in [0.25, 0.3) is 0 Å². The van der Waals surface area contributed by atoms with Crippen molar-refractivity contribution in [3.8, 4) is 0 Å². The third-order valence-corrected chi connectivity index (χ3v) is 4.49. The fraction of sp³-hybridized carbons (Fsp3) is 0.643. The summed E-state index contributed by atoms with van der Waals surface area (Å²) in [6.45, 7) is 7.99. The minimum Gasteiger partial charge on any atom is -0.299 e. The minimum absolute atomic E-state index is 0.551. The SMILES string of the molecule is CCC1(C)CCN(Cc2cccnc2Cl)CC1. The Bertz CT molecular complexity index is 370. The van der Waals surface area contributed by atoms with Gasteiger partial charge in [0.25, 0.3) is 0 Å². The Morgan fingerprint density at radius 2 is 2.12 bits per heavy atom. The second kappa shape index (κ2) is 5.36. The van der Waals surface area contributed by atoms with Crippen LogP contribution in [-0.4, -0.2) is 23.0 Å². The molecule has 0 atom stereocenters. The lowest BCUT2D eigenvalue weighted by Gasteiger charge is -2.39. The van der Waals surface area contributed by atoms with Crippen LogP contribution in [0.2, 0.25) is 5.15 Å². The first-order valence-electron chi connectivity index (χ1n) is 6.45. The molecule has 0 bridgehead atoms. The molecule has 0 saturated carbocycles. The Balaban J connectivity index is 1.93. The molecule has 1 aliphatic rings. The number of hydrogen-bond acceptors (Lipinski definition) is 2. The average Bonchev–Trinajstić information content (AvgIpc) is 2.35. The Morgan fingerprint density at radius 1 is 1.41 bits per heavy atom. The fourth-order valence-electron chi connectivity index (χ4n) is 2.38. The number of pyridine rings is 1. The van der Waals surface area contributed by atoms with Crippen LogP contribution in [0.1, 0.15) is 38.7 Å². The molecule has 3 heteroatoms. The molecule has 1 aromatic heterocycles. The topological polar surface area (TPSA) is 16.1 Å². The Morgan fingerprint density at radius 3 is 2.71 bits per heavy atom. The molecule has 0 aliphatic carbocycles. The molecule has 1 aromatic rings. The van der Waals surface area contributed by atoms with Crippen LogP contribution in [-0.2, 0) is 6.54 Å². The number of aromatic nitrogens is 1. The van der Waals surface area contributed by atoms with E-state index in [0.29, 0.717) is 10.6 Å². The van der Waals surface area contributed by atoms with Crippen molar-refractivity contribution in [2.45, 2.75) is 39.7 Å². The van der Waals surface area contributed by atoms with Gasteiger partial charge < -0.3 is 0 Å². The highest BCUT2D eigenvalue weighted by Crippen LogP contribution is 2.34. The van der Waals surface area contributed by atoms with Crippen molar-refractivity contribution in [2.75, 3.05) is 13.1 Å². The zero-order valence-electron chi connectivity index (χ0n) is 10.7. The standard InChI is InChI=1S/C14H21ClN2/c1-3-14(2)6-9-17(10-7-14)11-12-5-4-8-16-13(12)15/h4-5,8H,3,6-7,9-11H2,1-2H3. The van der Waals surface area contributed by atoms with E-state index >= 15 is 0 Å². The van der Waals surface area contributed by atoms with E-state index in [4.69, 9.17) is 11.6 Å². The van der Waals surface area contributed by atoms with Gasteiger partial charge in [-0.05, 0) is 37.4 Å². The molecule has 94 valence electrons. The van der Waals surface area contributed by atoms with Gasteiger partial charge in [0.05, 0.1) is 0 Å². The highest BCUT2D eigenvalue weighted by molar-refractivity contribution is 6.30. The molecule has 2 nitrogen and oxygen atoms in total. The summed E-state index contributed by atoms with van der Waals surface area (Å²) >= 11 is 6.09. The average molecular weight is 253 g/mol. The summed E-state index contributed by atoms with van der Waals surface area (Å²) in [4.78, 5) is 6.61. The molecule has 0 radical (unpaired) electrons. The molecule has 0 N–H and O–H groups in total. The van der Waals surface area contributed by atoms with E-state index in [1.807, 2.05) is 6.07 Å². The molecule has 0 spiro atoms. The molecule has 0 aromatic carbocycles. The van der Waals surface area contributed by atoms with Crippen molar-refractivity contribution in [2.24, 2.45) is 5.41 Å². The number of piperidine rings is 1. The molecule has 1 aliphatic heterocycles. The first-order valence-corrected chi connectivity index (χ1v) is 6.82. The molecule has 2 heterocycles. The summed E-state index contributed by atoms with van der Waals surface area (Å²) in [5.41, 5.74) is 1.70. The second-order valence-corrected chi connectivity index (χ2v) is 5.75. The number of halogens is 1. The summed E-state index contributed by atoms with van der Waals surface area (Å²) in [6.07, 6.45) is 5.62. The van der Waals surface area contributed by atoms with Gasteiger partial charge in [0.1, 0.15) is 5.15 Å². The Labute approximate surface area is 109 Å². The van der Waals surface area contributed by atoms with Crippen molar-refractivity contribution in [3.05, 3.63) is 29.0 Å². The number of hydrogen-bond donors (Lipinski definition) is 0. The van der Waals surface area contributed by atoms with E-state index in [-0.39, 0.29) is 0 Å². The van der Waals surface area contributed by atoms with Crippen LogP contribution >= 0.6 is 11.6 Å². The molecule has 0 unspecified atom stereocenters. The van der Waals surface area contributed by atoms with Gasteiger partial charge in [-0.25, -0.2) is 4.98 Å². The lowest BCUT2D eigenvalue weighted by molar-refractivity contribution is 0.109. The molecular formula is C14H21ClN2. The van der Waals surface area contributed by atoms with E-state index < -0.39 is 0 Å². The quantitative estimate of drug-likeness (QED) is 0.762. The number of nitrogens with zero attached hydrogens (tertiary/aromatic N) is 2. The van der Waals surface area contributed by atoms with Gasteiger partial charge in [0.15, 0.2) is 0 Å². The second-order valence-electron chi connectivity index (χ2n) is 5.39. The van der Waals surface area contributed by atoms with E-state index in [1.165, 1.54) is 32.4 Å². The van der Waals surface area contributed by atoms with Crippen LogP contribution in [0.15, 0.2) is 18.3 Å². The fourth-order valence-corrected chi connectivity index (χ4v) is 2.56. The predicted molar refractivity (Wildman–Crippen MR) is 72.2 cm³/mol. The molecule has 1 saturated heterocycles. The number of rotatable bonds is 3. The summed E-state index contributed by atoms with van der Waals surface area (Å²) in [5.74, 6) is 0. The smallest absolute Gasteiger partial charge is 0.133 e. The highest BCUT2D eigenvalue weighted by atomic mass is 35.5. The Hall–Kier alpha value is -0.600. The lowest BCUT2D eigenvalue weighted by Crippen LogP contribution is -2.37. The van der Waals surface area contributed by atoms with Crippen LogP contribution < -0.4 is 0 Å². The first kappa shape index (κ1) is 12.8. The van der Waals surface area contributed by atoms with E-state index in [1.54, 1.807) is 6.20 Å². The van der Waals surface area contributed by atoms with Gasteiger partial charge in [0, 0.05) is 18.3 Å². The lowest BCUT2D eigenvalue weighted by atomic mass is 9.78. The van der Waals surface area contributed by atoms with Gasteiger partial charge in [0.2, 0.25) is 0 Å². The van der Waals surface area contributed by atoms with Gasteiger partial charge >= 0.3 is 0 Å². The van der Waals surface area contributed by atoms with Crippen LogP contribution in [0.4, 0.5) is 0 Å². The van der Waals surface area contributed by atoms with E-state index in [0.717, 1.165) is 12.1 Å². The van der Waals surface area contributed by atoms with Gasteiger partial charge in [-0.2, -0.15) is 0 Å². The van der Waals surface area contributed by atoms with Gasteiger partial charge in [-0.15, -0.1) is 0 Å². The van der Waals surface area contributed by atoms with Crippen LogP contribution in [0.3, 0.4) is 0 Å². The molecule has 1 fully saturated rings. The third-order valence-electron chi connectivity index (χ3n) is 4.15. The summed E-state index contributed by atoms with van der Waals surface area (Å²) in [7, 11) is 0. The highest BCUT2D eigenvalue weighted by Gasteiger charge is 2.28. The van der Waals surface area contributed by atoms with Crippen LogP contribution in [0.5, 0.6) is 0 Å². The summed E-state index contributed by atoms with van der Waals surface area (Å²) in [5, 5.41) is 0.649. The minimum atomic E-state index is 0.551. The number of likely N-dealkylation sites (tertiary alicyclic amines) is 1. The zero-order chi connectivity index (χ0) is 12.3. The van der Waals surface area contributed by atoms with E-state index in [9.17, 15) is 0 Å². The Kier molecular flexibility index (Phi) is 4.05. The first-order chi connectivity index (χ1) is 8.13. The monoisotopic (exact) mass is 252 g/mol. The maximum atomic E-state index is 6.09. The normalized spacial score (nSPS) is 20.4. The molecular weight excluding hydrogens is 232 g/mol. The maximum Gasteiger partial charge on any atom is 0.133 e. The van der Waals surface area contributed by atoms with Crippen molar-refractivity contribution in [1.29, 1.82) is 0 Å². The molecule has 17 heavy (non-hydrogen) atoms. The van der Waals surface area contributed by atoms with Crippen molar-refractivity contribution in [3.63, 3.8) is 0 Å². The predicted octanol–water partition coefficient (Wildman–Crippen LogP) is 3.75. The zero-order valence-corrected chi connectivity index (χ0v) is 11.5. The maximum absolute atomic E-state index is 6.09. The summed E-state index contributed by atoms with van der Waals surface area (Å²) in [6, 6.07) is 4.03. The largest absolute Gasteiger partial charge is 0.299 e. The van der Waals surface area contributed by atoms with Gasteiger partial charge in [-0.3, -0.25) is 4.90 Å². The van der Waals surface area contributed by atoms with Crippen LogP contribution in [0, 0.1) is 5.41 Å². The summed E-state index contributed by atoms with van der Waals surface area (Å²) < 4.78 is 0. The van der Waals surface area contributed by atoms with Crippen molar-refractivity contribution in [1.82, 2.24) is 9.88 Å². The van der Waals surface area contributed by atoms with Crippen molar-refractivity contribution < 1.29 is 0 Å². The molecule has 2 rings (SSSR count). The van der Waals surface area contributed by atoms with E-state index in [2.05, 4.69) is 29.8 Å². The molecule has 0 amide bonds. The third kappa shape index (κ3) is 3.20.